The molecule has 1 aromatic carbocycles. The molecule has 166 valence electrons. The van der Waals surface area contributed by atoms with E-state index in [1.165, 1.54) is 12.3 Å². The second-order valence-corrected chi connectivity index (χ2v) is 7.53. The van der Waals surface area contributed by atoms with Gasteiger partial charge in [-0.15, -0.1) is 5.10 Å². The van der Waals surface area contributed by atoms with Crippen molar-refractivity contribution in [3.63, 3.8) is 0 Å². The van der Waals surface area contributed by atoms with Gasteiger partial charge in [0.1, 0.15) is 11.4 Å². The van der Waals surface area contributed by atoms with Gasteiger partial charge in [-0.1, -0.05) is 29.8 Å². The van der Waals surface area contributed by atoms with E-state index in [1.807, 2.05) is 12.1 Å². The molecule has 5 aromatic rings. The van der Waals surface area contributed by atoms with Crippen LogP contribution in [0.2, 0.25) is 5.02 Å². The number of halogens is 4. The van der Waals surface area contributed by atoms with Crippen LogP contribution in [-0.4, -0.2) is 34.2 Å². The van der Waals surface area contributed by atoms with Crippen LogP contribution in [0.4, 0.5) is 13.2 Å². The molecule has 0 saturated carbocycles. The molecule has 0 saturated heterocycles. The summed E-state index contributed by atoms with van der Waals surface area (Å²) in [4.78, 5) is 16.4. The van der Waals surface area contributed by atoms with E-state index in [0.29, 0.717) is 21.8 Å². The van der Waals surface area contributed by atoms with Crippen molar-refractivity contribution in [3.05, 3.63) is 94.0 Å². The van der Waals surface area contributed by atoms with E-state index in [1.54, 1.807) is 35.3 Å². The molecule has 0 aliphatic carbocycles. The van der Waals surface area contributed by atoms with Gasteiger partial charge in [0.2, 0.25) is 5.65 Å². The minimum Gasteiger partial charge on any atom is -0.251 e. The number of hydrogen-bond acceptors (Lipinski definition) is 5. The Bertz CT molecular complexity index is 1490. The molecule has 0 aliphatic rings. The summed E-state index contributed by atoms with van der Waals surface area (Å²) in [5.41, 5.74) is 1.01. The normalized spacial score (nSPS) is 11.9. The molecule has 0 fully saturated rings. The molecule has 0 N–H and O–H groups in total. The predicted molar refractivity (Wildman–Crippen MR) is 113 cm³/mol. The fourth-order valence-corrected chi connectivity index (χ4v) is 3.50. The van der Waals surface area contributed by atoms with E-state index >= 15 is 0 Å². The second kappa shape index (κ2) is 7.85. The molecular weight excluding hydrogens is 459 g/mol. The van der Waals surface area contributed by atoms with Crippen LogP contribution in [0.5, 0.6) is 0 Å². The highest BCUT2D eigenvalue weighted by molar-refractivity contribution is 6.30. The fourth-order valence-electron chi connectivity index (χ4n) is 3.38. The Labute approximate surface area is 188 Å². The highest BCUT2D eigenvalue weighted by Gasteiger charge is 2.32. The first-order chi connectivity index (χ1) is 15.8. The summed E-state index contributed by atoms with van der Waals surface area (Å²) in [5, 5.41) is 13.5. The second-order valence-electron chi connectivity index (χ2n) is 7.09. The Morgan fingerprint density at radius 3 is 2.42 bits per heavy atom. The summed E-state index contributed by atoms with van der Waals surface area (Å²) < 4.78 is 42.1. The molecule has 0 bridgehead atoms. The van der Waals surface area contributed by atoms with Gasteiger partial charge in [-0.25, -0.2) is 14.2 Å². The van der Waals surface area contributed by atoms with E-state index in [4.69, 9.17) is 11.6 Å². The summed E-state index contributed by atoms with van der Waals surface area (Å²) in [7, 11) is 0. The molecule has 0 aliphatic heterocycles. The number of fused-ring (bicyclic) bond motifs is 1. The first-order valence-corrected chi connectivity index (χ1v) is 9.96. The highest BCUT2D eigenvalue weighted by Crippen LogP contribution is 2.29. The van der Waals surface area contributed by atoms with Crippen molar-refractivity contribution in [1.82, 2.24) is 34.2 Å². The van der Waals surface area contributed by atoms with Crippen molar-refractivity contribution in [2.75, 3.05) is 0 Å². The standard InChI is InChI=1S/C21H13ClF3N7O/c22-15-5-3-14(4-6-15)16-11-28-32-19(18(16)30-9-1-8-27-30)29-31(20(32)33)12-13-2-7-17(26-10-13)21(23,24)25/h1-11H,12H2. The van der Waals surface area contributed by atoms with Crippen molar-refractivity contribution < 1.29 is 13.2 Å². The van der Waals surface area contributed by atoms with Crippen molar-refractivity contribution >= 4 is 17.2 Å². The third-order valence-electron chi connectivity index (χ3n) is 4.92. The van der Waals surface area contributed by atoms with Gasteiger partial charge >= 0.3 is 11.9 Å². The Morgan fingerprint density at radius 2 is 1.79 bits per heavy atom. The summed E-state index contributed by atoms with van der Waals surface area (Å²) >= 11 is 6.01. The van der Waals surface area contributed by atoms with Crippen molar-refractivity contribution in [3.8, 4) is 16.8 Å². The first kappa shape index (κ1) is 20.9. The average Bonchev–Trinajstić information content (AvgIpc) is 3.42. The Morgan fingerprint density at radius 1 is 1.00 bits per heavy atom. The third kappa shape index (κ3) is 3.87. The minimum absolute atomic E-state index is 0.0812. The average molecular weight is 472 g/mol. The van der Waals surface area contributed by atoms with Gasteiger partial charge in [-0.05, 0) is 35.4 Å². The Balaban J connectivity index is 1.63. The topological polar surface area (TPSA) is 82.9 Å². The molecule has 0 spiro atoms. The summed E-state index contributed by atoms with van der Waals surface area (Å²) in [6.45, 7) is -0.0812. The highest BCUT2D eigenvalue weighted by atomic mass is 35.5. The SMILES string of the molecule is O=c1n(Cc2ccc(C(F)(F)F)nc2)nc2c(-n3cccn3)c(-c3ccc(Cl)cc3)cnn12. The number of hydrogen-bond donors (Lipinski definition) is 0. The maximum absolute atomic E-state index is 12.9. The van der Waals surface area contributed by atoms with E-state index in [0.717, 1.165) is 27.0 Å². The molecule has 4 aromatic heterocycles. The molecule has 0 unspecified atom stereocenters. The molecule has 5 rings (SSSR count). The number of benzene rings is 1. The molecule has 33 heavy (non-hydrogen) atoms. The van der Waals surface area contributed by atoms with Gasteiger partial charge in [0.05, 0.1) is 12.7 Å². The zero-order valence-corrected chi connectivity index (χ0v) is 17.4. The van der Waals surface area contributed by atoms with Gasteiger partial charge in [0, 0.05) is 29.2 Å². The lowest BCUT2D eigenvalue weighted by Crippen LogP contribution is -2.23. The molecule has 0 radical (unpaired) electrons. The van der Waals surface area contributed by atoms with Gasteiger partial charge < -0.3 is 0 Å². The fraction of sp³-hybridized carbons (Fsp3) is 0.0952. The molecule has 8 nitrogen and oxygen atoms in total. The predicted octanol–water partition coefficient (Wildman–Crippen LogP) is 3.86. The number of rotatable bonds is 4. The zero-order chi connectivity index (χ0) is 23.2. The number of nitrogens with zero attached hydrogens (tertiary/aromatic N) is 7. The summed E-state index contributed by atoms with van der Waals surface area (Å²) in [6.07, 6.45) is 1.35. The van der Waals surface area contributed by atoms with Gasteiger partial charge in [0.25, 0.3) is 0 Å². The Kier molecular flexibility index (Phi) is 4.97. The quantitative estimate of drug-likeness (QED) is 0.397. The number of pyridine rings is 1. The van der Waals surface area contributed by atoms with Crippen molar-refractivity contribution in [2.45, 2.75) is 12.7 Å². The smallest absolute Gasteiger partial charge is 0.251 e. The largest absolute Gasteiger partial charge is 0.433 e. The molecule has 0 atom stereocenters. The zero-order valence-electron chi connectivity index (χ0n) is 16.6. The summed E-state index contributed by atoms with van der Waals surface area (Å²) in [5.74, 6) is 0. The van der Waals surface area contributed by atoms with Crippen LogP contribution in [0, 0.1) is 0 Å². The van der Waals surface area contributed by atoms with Gasteiger partial charge in [-0.3, -0.25) is 4.98 Å². The molecule has 4 heterocycles. The monoisotopic (exact) mass is 471 g/mol. The van der Waals surface area contributed by atoms with E-state index in [9.17, 15) is 18.0 Å². The first-order valence-electron chi connectivity index (χ1n) is 9.58. The minimum atomic E-state index is -4.54. The van der Waals surface area contributed by atoms with Gasteiger partial charge in [-0.2, -0.15) is 27.9 Å². The summed E-state index contributed by atoms with van der Waals surface area (Å²) in [6, 6.07) is 10.9. The van der Waals surface area contributed by atoms with Crippen LogP contribution in [-0.2, 0) is 12.7 Å². The van der Waals surface area contributed by atoms with E-state index in [-0.39, 0.29) is 12.2 Å². The lowest BCUT2D eigenvalue weighted by molar-refractivity contribution is -0.141. The number of aromatic nitrogens is 7. The third-order valence-corrected chi connectivity index (χ3v) is 5.18. The van der Waals surface area contributed by atoms with Crippen LogP contribution in [0.15, 0.2) is 72.0 Å². The van der Waals surface area contributed by atoms with Gasteiger partial charge in [0.15, 0.2) is 0 Å². The maximum atomic E-state index is 12.9. The van der Waals surface area contributed by atoms with Crippen LogP contribution in [0.3, 0.4) is 0 Å². The van der Waals surface area contributed by atoms with Crippen LogP contribution < -0.4 is 5.69 Å². The molecule has 0 amide bonds. The molecule has 12 heteroatoms. The maximum Gasteiger partial charge on any atom is 0.433 e. The van der Waals surface area contributed by atoms with Crippen LogP contribution >= 0.6 is 11.6 Å². The van der Waals surface area contributed by atoms with Crippen molar-refractivity contribution in [1.29, 1.82) is 0 Å². The van der Waals surface area contributed by atoms with Crippen LogP contribution in [0.1, 0.15) is 11.3 Å². The lowest BCUT2D eigenvalue weighted by Gasteiger charge is -2.10. The molecular formula is C21H13ClF3N7O. The van der Waals surface area contributed by atoms with Crippen molar-refractivity contribution in [2.24, 2.45) is 0 Å². The van der Waals surface area contributed by atoms with E-state index < -0.39 is 17.6 Å². The Hall–Kier alpha value is -3.99. The van der Waals surface area contributed by atoms with Crippen LogP contribution in [0.25, 0.3) is 22.5 Å². The van der Waals surface area contributed by atoms with E-state index in [2.05, 4.69) is 20.3 Å². The lowest BCUT2D eigenvalue weighted by atomic mass is 10.1. The number of alkyl halides is 3.